The van der Waals surface area contributed by atoms with Crippen LogP contribution in [0.5, 0.6) is 0 Å². The molecule has 0 unspecified atom stereocenters. The maximum atomic E-state index is 4.65. The molecule has 2 aromatic heterocycles. The Morgan fingerprint density at radius 3 is 2.67 bits per heavy atom. The molecule has 0 fully saturated rings. The van der Waals surface area contributed by atoms with E-state index in [2.05, 4.69) is 64.4 Å². The van der Waals surface area contributed by atoms with E-state index in [-0.39, 0.29) is 0 Å². The van der Waals surface area contributed by atoms with Crippen LogP contribution in [0.15, 0.2) is 30.3 Å². The van der Waals surface area contributed by atoms with E-state index in [9.17, 15) is 0 Å². The van der Waals surface area contributed by atoms with E-state index in [4.69, 9.17) is 0 Å². The molecule has 0 aliphatic rings. The SMILES string of the molecule is CNc1nc(N(C)c2cccc(C)c2)c2cc(C)sc2n1. The third-order valence-corrected chi connectivity index (χ3v) is 4.37. The molecule has 0 aliphatic heterocycles. The van der Waals surface area contributed by atoms with Gasteiger partial charge in [0.25, 0.3) is 0 Å². The standard InChI is InChI=1S/C16H18N4S/c1-10-6-5-7-12(8-10)20(4)14-13-9-11(2)21-15(13)19-16(17-3)18-14/h5-9H,1-4H3,(H,17,18,19). The molecule has 3 rings (SSSR count). The van der Waals surface area contributed by atoms with Gasteiger partial charge in [-0.25, -0.2) is 4.98 Å². The molecule has 5 heteroatoms. The summed E-state index contributed by atoms with van der Waals surface area (Å²) >= 11 is 1.69. The highest BCUT2D eigenvalue weighted by Gasteiger charge is 2.14. The molecule has 0 atom stereocenters. The van der Waals surface area contributed by atoms with Crippen LogP contribution in [0.25, 0.3) is 10.2 Å². The second-order valence-electron chi connectivity index (χ2n) is 5.09. The summed E-state index contributed by atoms with van der Waals surface area (Å²) in [5.74, 6) is 1.58. The van der Waals surface area contributed by atoms with Crippen LogP contribution in [-0.2, 0) is 0 Å². The summed E-state index contributed by atoms with van der Waals surface area (Å²) in [6.07, 6.45) is 0. The Labute approximate surface area is 128 Å². The minimum atomic E-state index is 0.652. The summed E-state index contributed by atoms with van der Waals surface area (Å²) in [6, 6.07) is 10.6. The van der Waals surface area contributed by atoms with Crippen molar-refractivity contribution < 1.29 is 0 Å². The normalized spacial score (nSPS) is 10.9. The lowest BCUT2D eigenvalue weighted by Crippen LogP contribution is -2.13. The molecule has 4 nitrogen and oxygen atoms in total. The van der Waals surface area contributed by atoms with Gasteiger partial charge in [0, 0.05) is 24.7 Å². The number of aryl methyl sites for hydroxylation is 2. The Morgan fingerprint density at radius 2 is 1.95 bits per heavy atom. The first-order valence-corrected chi connectivity index (χ1v) is 7.66. The number of fused-ring (bicyclic) bond motifs is 1. The molecule has 0 aliphatic carbocycles. The number of aromatic nitrogens is 2. The summed E-state index contributed by atoms with van der Waals surface area (Å²) in [5.41, 5.74) is 2.36. The van der Waals surface area contributed by atoms with E-state index in [1.54, 1.807) is 11.3 Å². The molecule has 0 radical (unpaired) electrons. The zero-order chi connectivity index (χ0) is 15.0. The van der Waals surface area contributed by atoms with Crippen LogP contribution in [0.4, 0.5) is 17.5 Å². The highest BCUT2D eigenvalue weighted by molar-refractivity contribution is 7.18. The van der Waals surface area contributed by atoms with E-state index in [0.717, 1.165) is 21.7 Å². The summed E-state index contributed by atoms with van der Waals surface area (Å²) in [7, 11) is 3.89. The average Bonchev–Trinajstić information content (AvgIpc) is 2.85. The second-order valence-corrected chi connectivity index (χ2v) is 6.33. The van der Waals surface area contributed by atoms with Gasteiger partial charge in [-0.15, -0.1) is 11.3 Å². The van der Waals surface area contributed by atoms with Crippen molar-refractivity contribution in [3.8, 4) is 0 Å². The highest BCUT2D eigenvalue weighted by Crippen LogP contribution is 2.34. The van der Waals surface area contributed by atoms with E-state index >= 15 is 0 Å². The summed E-state index contributed by atoms with van der Waals surface area (Å²) in [5, 5.41) is 4.14. The predicted octanol–water partition coefficient (Wildman–Crippen LogP) is 4.12. The Balaban J connectivity index is 2.18. The van der Waals surface area contributed by atoms with Crippen LogP contribution >= 0.6 is 11.3 Å². The minimum absolute atomic E-state index is 0.652. The topological polar surface area (TPSA) is 41.1 Å². The van der Waals surface area contributed by atoms with Gasteiger partial charge in [0.05, 0.1) is 5.39 Å². The number of nitrogens with zero attached hydrogens (tertiary/aromatic N) is 3. The van der Waals surface area contributed by atoms with Crippen LogP contribution in [0.1, 0.15) is 10.4 Å². The quantitative estimate of drug-likeness (QED) is 0.790. The Morgan fingerprint density at radius 1 is 1.14 bits per heavy atom. The van der Waals surface area contributed by atoms with Crippen molar-refractivity contribution in [2.45, 2.75) is 13.8 Å². The second kappa shape index (κ2) is 5.33. The lowest BCUT2D eigenvalue weighted by atomic mass is 10.2. The zero-order valence-corrected chi connectivity index (χ0v) is 13.5. The van der Waals surface area contributed by atoms with Gasteiger partial charge in [0.15, 0.2) is 0 Å². The molecule has 3 aromatic rings. The fourth-order valence-electron chi connectivity index (χ4n) is 2.35. The first-order valence-electron chi connectivity index (χ1n) is 6.85. The molecule has 0 saturated carbocycles. The fourth-order valence-corrected chi connectivity index (χ4v) is 3.23. The number of anilines is 3. The van der Waals surface area contributed by atoms with E-state index in [0.29, 0.717) is 5.95 Å². The summed E-state index contributed by atoms with van der Waals surface area (Å²) in [4.78, 5) is 13.6. The maximum Gasteiger partial charge on any atom is 0.225 e. The van der Waals surface area contributed by atoms with Crippen molar-refractivity contribution in [1.82, 2.24) is 9.97 Å². The molecule has 1 aromatic carbocycles. The van der Waals surface area contributed by atoms with Crippen LogP contribution in [0, 0.1) is 13.8 Å². The van der Waals surface area contributed by atoms with Gasteiger partial charge >= 0.3 is 0 Å². The number of nitrogens with one attached hydrogen (secondary N) is 1. The number of thiophene rings is 1. The van der Waals surface area contributed by atoms with Crippen LogP contribution in [0.2, 0.25) is 0 Å². The molecular weight excluding hydrogens is 280 g/mol. The van der Waals surface area contributed by atoms with Gasteiger partial charge in [-0.3, -0.25) is 0 Å². The van der Waals surface area contributed by atoms with Crippen molar-refractivity contribution in [2.24, 2.45) is 0 Å². The van der Waals surface area contributed by atoms with E-state index in [1.165, 1.54) is 10.4 Å². The van der Waals surface area contributed by atoms with Crippen molar-refractivity contribution in [2.75, 3.05) is 24.3 Å². The first-order chi connectivity index (χ1) is 10.1. The van der Waals surface area contributed by atoms with Crippen LogP contribution in [0.3, 0.4) is 0 Å². The minimum Gasteiger partial charge on any atom is -0.357 e. The predicted molar refractivity (Wildman–Crippen MR) is 90.9 cm³/mol. The van der Waals surface area contributed by atoms with Gasteiger partial charge in [-0.05, 0) is 37.6 Å². The van der Waals surface area contributed by atoms with Crippen LogP contribution < -0.4 is 10.2 Å². The van der Waals surface area contributed by atoms with Gasteiger partial charge < -0.3 is 10.2 Å². The highest BCUT2D eigenvalue weighted by atomic mass is 32.1. The molecule has 0 saturated heterocycles. The smallest absolute Gasteiger partial charge is 0.225 e. The fraction of sp³-hybridized carbons (Fsp3) is 0.250. The molecule has 2 heterocycles. The third kappa shape index (κ3) is 2.56. The van der Waals surface area contributed by atoms with Gasteiger partial charge in [0.2, 0.25) is 5.95 Å². The largest absolute Gasteiger partial charge is 0.357 e. The summed E-state index contributed by atoms with van der Waals surface area (Å²) in [6.45, 7) is 4.20. The van der Waals surface area contributed by atoms with Gasteiger partial charge in [0.1, 0.15) is 10.6 Å². The lowest BCUT2D eigenvalue weighted by Gasteiger charge is -2.20. The number of hydrogen-bond donors (Lipinski definition) is 1. The van der Waals surface area contributed by atoms with Crippen molar-refractivity contribution in [1.29, 1.82) is 0 Å². The maximum absolute atomic E-state index is 4.65. The van der Waals surface area contributed by atoms with Crippen molar-refractivity contribution in [3.05, 3.63) is 40.8 Å². The monoisotopic (exact) mass is 298 g/mol. The Kier molecular flexibility index (Phi) is 3.51. The Hall–Kier alpha value is -2.14. The molecule has 0 amide bonds. The van der Waals surface area contributed by atoms with Gasteiger partial charge in [-0.1, -0.05) is 12.1 Å². The molecular formula is C16H18N4S. The molecule has 21 heavy (non-hydrogen) atoms. The molecule has 1 N–H and O–H groups in total. The van der Waals surface area contributed by atoms with Crippen molar-refractivity contribution in [3.63, 3.8) is 0 Å². The molecule has 108 valence electrons. The van der Waals surface area contributed by atoms with E-state index in [1.807, 2.05) is 14.1 Å². The zero-order valence-electron chi connectivity index (χ0n) is 12.6. The number of benzene rings is 1. The van der Waals surface area contributed by atoms with Gasteiger partial charge in [-0.2, -0.15) is 4.98 Å². The molecule has 0 spiro atoms. The third-order valence-electron chi connectivity index (χ3n) is 3.43. The van der Waals surface area contributed by atoms with Crippen molar-refractivity contribution >= 4 is 39.0 Å². The number of hydrogen-bond acceptors (Lipinski definition) is 5. The first kappa shape index (κ1) is 13.8. The average molecular weight is 298 g/mol. The van der Waals surface area contributed by atoms with E-state index < -0.39 is 0 Å². The lowest BCUT2D eigenvalue weighted by molar-refractivity contribution is 1.11. The summed E-state index contributed by atoms with van der Waals surface area (Å²) < 4.78 is 0. The van der Waals surface area contributed by atoms with Crippen LogP contribution in [-0.4, -0.2) is 24.1 Å². The Bertz CT molecular complexity index is 794. The number of rotatable bonds is 3. The molecule has 0 bridgehead atoms.